The zero-order valence-corrected chi connectivity index (χ0v) is 15.0. The quantitative estimate of drug-likeness (QED) is 0.814. The summed E-state index contributed by atoms with van der Waals surface area (Å²) in [5.74, 6) is -0.0455. The summed E-state index contributed by atoms with van der Waals surface area (Å²) in [7, 11) is 0. The molecule has 0 aromatic heterocycles. The fraction of sp³-hybridized carbons (Fsp3) is 0.500. The molecule has 1 heterocycles. The van der Waals surface area contributed by atoms with Crippen molar-refractivity contribution in [3.05, 3.63) is 28.2 Å². The molecule has 3 aliphatic rings. The van der Waals surface area contributed by atoms with Crippen molar-refractivity contribution in [1.29, 1.82) is 0 Å². The van der Waals surface area contributed by atoms with Gasteiger partial charge in [0.25, 0.3) is 0 Å². The van der Waals surface area contributed by atoms with E-state index < -0.39 is 0 Å². The van der Waals surface area contributed by atoms with E-state index in [1.807, 2.05) is 0 Å². The average molecular weight is 381 g/mol. The molecule has 2 aliphatic carbocycles. The number of hydrogen-bond acceptors (Lipinski definition) is 3. The zero-order valence-electron chi connectivity index (χ0n) is 13.5. The second kappa shape index (κ2) is 6.29. The molecule has 4 rings (SSSR count). The Balaban J connectivity index is 1.38. The van der Waals surface area contributed by atoms with Crippen molar-refractivity contribution in [1.82, 2.24) is 4.90 Å². The molecule has 132 valence electrons. The third-order valence-corrected chi connectivity index (χ3v) is 6.63. The number of benzene rings is 1. The Bertz CT molecular complexity index is 739. The molecular formula is C18H18Cl2N2O3. The number of carbonyl (C=O) groups excluding carboxylic acids is 3. The predicted octanol–water partition coefficient (Wildman–Crippen LogP) is 3.35. The number of carbonyl (C=O) groups is 3. The van der Waals surface area contributed by atoms with E-state index in [9.17, 15) is 14.4 Å². The lowest BCUT2D eigenvalue weighted by Gasteiger charge is -2.19. The van der Waals surface area contributed by atoms with E-state index in [2.05, 4.69) is 5.32 Å². The summed E-state index contributed by atoms with van der Waals surface area (Å²) >= 11 is 12.0. The van der Waals surface area contributed by atoms with Crippen LogP contribution in [0.2, 0.25) is 10.0 Å². The summed E-state index contributed by atoms with van der Waals surface area (Å²) in [6.45, 7) is 0.119. The van der Waals surface area contributed by atoms with Crippen molar-refractivity contribution >= 4 is 46.6 Å². The van der Waals surface area contributed by atoms with Crippen LogP contribution in [0, 0.1) is 23.7 Å². The van der Waals surface area contributed by atoms with Crippen molar-refractivity contribution in [3.63, 3.8) is 0 Å². The molecule has 5 nitrogen and oxygen atoms in total. The standard InChI is InChI=1S/C18H18Cl2N2O3/c19-11-2-1-3-12(16(11)20)21-13(23)6-7-22-17(24)14-9-4-5-10(8-9)15(14)18(22)25/h1-3,9-10,14-15H,4-8H2,(H,21,23)/t9-,10-,14+,15+/m1/s1. The van der Waals surface area contributed by atoms with E-state index in [1.54, 1.807) is 18.2 Å². The number of likely N-dealkylation sites (tertiary alicyclic amines) is 1. The number of anilines is 1. The number of rotatable bonds is 4. The monoisotopic (exact) mass is 380 g/mol. The van der Waals surface area contributed by atoms with E-state index in [1.165, 1.54) is 4.90 Å². The van der Waals surface area contributed by atoms with E-state index in [4.69, 9.17) is 23.2 Å². The average Bonchev–Trinajstić information content (AvgIpc) is 3.25. The van der Waals surface area contributed by atoms with Crippen molar-refractivity contribution in [3.8, 4) is 0 Å². The van der Waals surface area contributed by atoms with Gasteiger partial charge in [0.05, 0.1) is 27.6 Å². The maximum atomic E-state index is 12.6. The minimum Gasteiger partial charge on any atom is -0.325 e. The first-order chi connectivity index (χ1) is 12.0. The fourth-order valence-electron chi connectivity index (χ4n) is 4.72. The molecule has 7 heteroatoms. The number of amides is 3. The molecule has 25 heavy (non-hydrogen) atoms. The van der Waals surface area contributed by atoms with Gasteiger partial charge in [-0.2, -0.15) is 0 Å². The summed E-state index contributed by atoms with van der Waals surface area (Å²) in [5.41, 5.74) is 0.424. The van der Waals surface area contributed by atoms with Gasteiger partial charge < -0.3 is 5.32 Å². The molecule has 1 saturated heterocycles. The predicted molar refractivity (Wildman–Crippen MR) is 94.2 cm³/mol. The third kappa shape index (κ3) is 2.74. The Kier molecular flexibility index (Phi) is 4.24. The van der Waals surface area contributed by atoms with E-state index in [-0.39, 0.29) is 47.5 Å². The van der Waals surface area contributed by atoms with Gasteiger partial charge >= 0.3 is 0 Å². The molecule has 0 unspecified atom stereocenters. The number of fused-ring (bicyclic) bond motifs is 5. The third-order valence-electron chi connectivity index (χ3n) is 5.81. The van der Waals surface area contributed by atoms with Crippen LogP contribution in [0.25, 0.3) is 0 Å². The van der Waals surface area contributed by atoms with Crippen LogP contribution < -0.4 is 5.32 Å². The van der Waals surface area contributed by atoms with Gasteiger partial charge in [-0.1, -0.05) is 29.3 Å². The maximum absolute atomic E-state index is 12.6. The van der Waals surface area contributed by atoms with Crippen molar-refractivity contribution in [2.75, 3.05) is 11.9 Å². The van der Waals surface area contributed by atoms with E-state index >= 15 is 0 Å². The van der Waals surface area contributed by atoms with Crippen LogP contribution in [-0.4, -0.2) is 29.2 Å². The number of halogens is 2. The number of imide groups is 1. The molecule has 1 aromatic rings. The maximum Gasteiger partial charge on any atom is 0.233 e. The van der Waals surface area contributed by atoms with Gasteiger partial charge in [-0.15, -0.1) is 0 Å². The first-order valence-electron chi connectivity index (χ1n) is 8.56. The van der Waals surface area contributed by atoms with Gasteiger partial charge in [-0.25, -0.2) is 0 Å². The molecule has 0 spiro atoms. The van der Waals surface area contributed by atoms with E-state index in [0.717, 1.165) is 19.3 Å². The fourth-order valence-corrected chi connectivity index (χ4v) is 5.07. The molecule has 2 saturated carbocycles. The summed E-state index contributed by atoms with van der Waals surface area (Å²) in [4.78, 5) is 38.6. The summed E-state index contributed by atoms with van der Waals surface area (Å²) in [5, 5.41) is 3.31. The summed E-state index contributed by atoms with van der Waals surface area (Å²) in [6, 6.07) is 4.98. The lowest BCUT2D eigenvalue weighted by Crippen LogP contribution is -2.35. The molecule has 1 aromatic carbocycles. The Morgan fingerprint density at radius 3 is 2.40 bits per heavy atom. The van der Waals surface area contributed by atoms with Crippen LogP contribution in [0.5, 0.6) is 0 Å². The van der Waals surface area contributed by atoms with Gasteiger partial charge in [0.2, 0.25) is 17.7 Å². The van der Waals surface area contributed by atoms with Gasteiger partial charge in [-0.05, 0) is 43.2 Å². The van der Waals surface area contributed by atoms with Crippen LogP contribution in [-0.2, 0) is 14.4 Å². The van der Waals surface area contributed by atoms with Crippen molar-refractivity contribution < 1.29 is 14.4 Å². The minimum absolute atomic E-state index is 0.0507. The Morgan fingerprint density at radius 1 is 1.12 bits per heavy atom. The highest BCUT2D eigenvalue weighted by atomic mass is 35.5. The molecule has 2 bridgehead atoms. The molecule has 4 atom stereocenters. The van der Waals surface area contributed by atoms with Crippen LogP contribution in [0.4, 0.5) is 5.69 Å². The first-order valence-corrected chi connectivity index (χ1v) is 9.32. The molecular weight excluding hydrogens is 363 g/mol. The SMILES string of the molecule is O=C(CCN1C(=O)[C@H]2[C@@H]3CC[C@H](C3)[C@@H]2C1=O)Nc1cccc(Cl)c1Cl. The van der Waals surface area contributed by atoms with Crippen LogP contribution >= 0.6 is 23.2 Å². The highest BCUT2D eigenvalue weighted by Gasteiger charge is 2.60. The lowest BCUT2D eigenvalue weighted by atomic mass is 9.81. The van der Waals surface area contributed by atoms with Gasteiger partial charge in [-0.3, -0.25) is 19.3 Å². The second-order valence-electron chi connectivity index (χ2n) is 7.11. The molecule has 3 amide bonds. The highest BCUT2D eigenvalue weighted by molar-refractivity contribution is 6.44. The second-order valence-corrected chi connectivity index (χ2v) is 7.90. The van der Waals surface area contributed by atoms with Gasteiger partial charge in [0.1, 0.15) is 0 Å². The number of nitrogens with zero attached hydrogens (tertiary/aromatic N) is 1. The number of hydrogen-bond donors (Lipinski definition) is 1. The van der Waals surface area contributed by atoms with Gasteiger partial charge in [0.15, 0.2) is 0 Å². The van der Waals surface area contributed by atoms with Crippen molar-refractivity contribution in [2.24, 2.45) is 23.7 Å². The van der Waals surface area contributed by atoms with Crippen LogP contribution in [0.3, 0.4) is 0 Å². The van der Waals surface area contributed by atoms with Crippen LogP contribution in [0.1, 0.15) is 25.7 Å². The normalized spacial score (nSPS) is 30.1. The highest BCUT2D eigenvalue weighted by Crippen LogP contribution is 2.56. The minimum atomic E-state index is -0.301. The van der Waals surface area contributed by atoms with Crippen molar-refractivity contribution in [2.45, 2.75) is 25.7 Å². The largest absolute Gasteiger partial charge is 0.325 e. The molecule has 3 fully saturated rings. The summed E-state index contributed by atoms with van der Waals surface area (Å²) in [6.07, 6.45) is 3.16. The Hall–Kier alpha value is -1.59. The van der Waals surface area contributed by atoms with Crippen LogP contribution in [0.15, 0.2) is 18.2 Å². The van der Waals surface area contributed by atoms with Gasteiger partial charge in [0, 0.05) is 13.0 Å². The first kappa shape index (κ1) is 16.9. The zero-order chi connectivity index (χ0) is 17.7. The molecule has 0 radical (unpaired) electrons. The number of nitrogens with one attached hydrogen (secondary N) is 1. The summed E-state index contributed by atoms with van der Waals surface area (Å²) < 4.78 is 0. The topological polar surface area (TPSA) is 66.5 Å². The Morgan fingerprint density at radius 2 is 1.76 bits per heavy atom. The molecule has 1 aliphatic heterocycles. The lowest BCUT2D eigenvalue weighted by molar-refractivity contribution is -0.140. The Labute approximate surface area is 155 Å². The van der Waals surface area contributed by atoms with E-state index in [0.29, 0.717) is 22.5 Å². The smallest absolute Gasteiger partial charge is 0.233 e. The molecule has 1 N–H and O–H groups in total.